The maximum atomic E-state index is 6.00. The Morgan fingerprint density at radius 3 is 3.17 bits per heavy atom. The molecule has 0 spiro atoms. The van der Waals surface area contributed by atoms with E-state index in [-0.39, 0.29) is 6.10 Å². The summed E-state index contributed by atoms with van der Waals surface area (Å²) in [6.45, 7) is 6.96. The lowest BCUT2D eigenvalue weighted by atomic mass is 9.97. The fourth-order valence-electron chi connectivity index (χ4n) is 2.05. The Labute approximate surface area is 109 Å². The summed E-state index contributed by atoms with van der Waals surface area (Å²) in [4.78, 5) is 4.29. The molecule has 4 nitrogen and oxygen atoms in total. The van der Waals surface area contributed by atoms with Crippen LogP contribution in [-0.4, -0.2) is 30.8 Å². The highest BCUT2D eigenvalue weighted by atomic mass is 16.5. The SMILES string of the molecule is CCCOc1cccnc1OC1CNCCC1C. The van der Waals surface area contributed by atoms with Crippen LogP contribution < -0.4 is 14.8 Å². The smallest absolute Gasteiger partial charge is 0.257 e. The first-order valence-corrected chi connectivity index (χ1v) is 6.76. The summed E-state index contributed by atoms with van der Waals surface area (Å²) in [5.74, 6) is 1.91. The van der Waals surface area contributed by atoms with Crippen LogP contribution in [0.1, 0.15) is 26.7 Å². The summed E-state index contributed by atoms with van der Waals surface area (Å²) in [6, 6.07) is 3.79. The Kier molecular flexibility index (Phi) is 4.81. The second kappa shape index (κ2) is 6.59. The number of nitrogens with one attached hydrogen (secondary N) is 1. The molecule has 4 heteroatoms. The van der Waals surface area contributed by atoms with Crippen LogP contribution in [0.3, 0.4) is 0 Å². The molecule has 0 bridgehead atoms. The van der Waals surface area contributed by atoms with Gasteiger partial charge in [0.15, 0.2) is 5.75 Å². The van der Waals surface area contributed by atoms with Crippen molar-refractivity contribution in [1.29, 1.82) is 0 Å². The number of aromatic nitrogens is 1. The van der Waals surface area contributed by atoms with Crippen LogP contribution in [0.4, 0.5) is 0 Å². The Balaban J connectivity index is 2.03. The molecule has 0 saturated carbocycles. The van der Waals surface area contributed by atoms with E-state index >= 15 is 0 Å². The average molecular weight is 250 g/mol. The molecular weight excluding hydrogens is 228 g/mol. The molecule has 2 atom stereocenters. The zero-order valence-corrected chi connectivity index (χ0v) is 11.2. The first-order chi connectivity index (χ1) is 8.81. The van der Waals surface area contributed by atoms with Crippen molar-refractivity contribution in [2.45, 2.75) is 32.8 Å². The molecule has 1 N–H and O–H groups in total. The normalized spacial score (nSPS) is 23.7. The van der Waals surface area contributed by atoms with Gasteiger partial charge in [0.25, 0.3) is 5.88 Å². The van der Waals surface area contributed by atoms with Gasteiger partial charge in [-0.05, 0) is 37.4 Å². The van der Waals surface area contributed by atoms with Gasteiger partial charge in [0, 0.05) is 12.7 Å². The Morgan fingerprint density at radius 1 is 1.50 bits per heavy atom. The summed E-state index contributed by atoms with van der Waals surface area (Å²) < 4.78 is 11.7. The third-order valence-electron chi connectivity index (χ3n) is 3.22. The maximum absolute atomic E-state index is 6.00. The second-order valence-corrected chi connectivity index (χ2v) is 4.78. The first-order valence-electron chi connectivity index (χ1n) is 6.76. The lowest BCUT2D eigenvalue weighted by Gasteiger charge is -2.29. The summed E-state index contributed by atoms with van der Waals surface area (Å²) in [6.07, 6.45) is 4.05. The first kappa shape index (κ1) is 13.1. The summed E-state index contributed by atoms with van der Waals surface area (Å²) in [5.41, 5.74) is 0. The largest absolute Gasteiger partial charge is 0.488 e. The molecule has 0 amide bonds. The van der Waals surface area contributed by atoms with Crippen LogP contribution in [0.2, 0.25) is 0 Å². The van der Waals surface area contributed by atoms with E-state index in [1.54, 1.807) is 6.20 Å². The van der Waals surface area contributed by atoms with E-state index in [9.17, 15) is 0 Å². The average Bonchev–Trinajstić information content (AvgIpc) is 2.40. The highest BCUT2D eigenvalue weighted by Gasteiger charge is 2.24. The van der Waals surface area contributed by atoms with Crippen LogP contribution in [0.5, 0.6) is 11.6 Å². The van der Waals surface area contributed by atoms with Crippen molar-refractivity contribution in [1.82, 2.24) is 10.3 Å². The Morgan fingerprint density at radius 2 is 2.39 bits per heavy atom. The highest BCUT2D eigenvalue weighted by molar-refractivity contribution is 5.32. The Hall–Kier alpha value is -1.29. The van der Waals surface area contributed by atoms with Crippen molar-refractivity contribution >= 4 is 0 Å². The number of rotatable bonds is 5. The molecule has 2 rings (SSSR count). The highest BCUT2D eigenvalue weighted by Crippen LogP contribution is 2.27. The molecular formula is C14H22N2O2. The van der Waals surface area contributed by atoms with Gasteiger partial charge in [0.1, 0.15) is 6.10 Å². The van der Waals surface area contributed by atoms with Crippen LogP contribution in [0.25, 0.3) is 0 Å². The number of pyridine rings is 1. The number of piperidine rings is 1. The molecule has 2 heterocycles. The molecule has 1 aromatic heterocycles. The summed E-state index contributed by atoms with van der Waals surface area (Å²) in [5, 5.41) is 3.35. The Bertz CT molecular complexity index is 371. The van der Waals surface area contributed by atoms with E-state index in [0.29, 0.717) is 18.4 Å². The van der Waals surface area contributed by atoms with Gasteiger partial charge in [-0.15, -0.1) is 0 Å². The second-order valence-electron chi connectivity index (χ2n) is 4.78. The number of hydrogen-bond donors (Lipinski definition) is 1. The van der Waals surface area contributed by atoms with Crippen molar-refractivity contribution < 1.29 is 9.47 Å². The molecule has 1 fully saturated rings. The van der Waals surface area contributed by atoms with E-state index in [0.717, 1.165) is 31.7 Å². The predicted molar refractivity (Wildman–Crippen MR) is 71.1 cm³/mol. The van der Waals surface area contributed by atoms with Gasteiger partial charge >= 0.3 is 0 Å². The molecule has 0 aromatic carbocycles. The zero-order valence-electron chi connectivity index (χ0n) is 11.2. The van der Waals surface area contributed by atoms with E-state index in [1.165, 1.54) is 0 Å². The van der Waals surface area contributed by atoms with Crippen LogP contribution in [0, 0.1) is 5.92 Å². The zero-order chi connectivity index (χ0) is 12.8. The quantitative estimate of drug-likeness (QED) is 0.870. The van der Waals surface area contributed by atoms with Crippen molar-refractivity contribution in [3.63, 3.8) is 0 Å². The van der Waals surface area contributed by atoms with E-state index in [4.69, 9.17) is 9.47 Å². The fourth-order valence-corrected chi connectivity index (χ4v) is 2.05. The lowest BCUT2D eigenvalue weighted by Crippen LogP contribution is -2.43. The molecule has 1 aliphatic rings. The van der Waals surface area contributed by atoms with Gasteiger partial charge < -0.3 is 14.8 Å². The van der Waals surface area contributed by atoms with E-state index in [1.807, 2.05) is 12.1 Å². The van der Waals surface area contributed by atoms with E-state index < -0.39 is 0 Å². The number of ether oxygens (including phenoxy) is 2. The molecule has 100 valence electrons. The summed E-state index contributed by atoms with van der Waals surface area (Å²) in [7, 11) is 0. The topological polar surface area (TPSA) is 43.4 Å². The van der Waals surface area contributed by atoms with Crippen molar-refractivity contribution in [2.24, 2.45) is 5.92 Å². The molecule has 1 aliphatic heterocycles. The monoisotopic (exact) mass is 250 g/mol. The molecule has 1 aromatic rings. The van der Waals surface area contributed by atoms with Crippen molar-refractivity contribution in [3.05, 3.63) is 18.3 Å². The standard InChI is InChI=1S/C14H22N2O2/c1-3-9-17-12-5-4-7-16-14(12)18-13-10-15-8-6-11(13)2/h4-5,7,11,13,15H,3,6,8-10H2,1-2H3. The van der Waals surface area contributed by atoms with Gasteiger partial charge in [-0.25, -0.2) is 4.98 Å². The number of hydrogen-bond acceptors (Lipinski definition) is 4. The molecule has 1 saturated heterocycles. The minimum absolute atomic E-state index is 0.178. The van der Waals surface area contributed by atoms with E-state index in [2.05, 4.69) is 24.1 Å². The van der Waals surface area contributed by atoms with Crippen LogP contribution >= 0.6 is 0 Å². The minimum atomic E-state index is 0.178. The molecule has 18 heavy (non-hydrogen) atoms. The third-order valence-corrected chi connectivity index (χ3v) is 3.22. The summed E-state index contributed by atoms with van der Waals surface area (Å²) >= 11 is 0. The molecule has 2 unspecified atom stereocenters. The van der Waals surface area contributed by atoms with Gasteiger partial charge in [0.05, 0.1) is 6.61 Å². The maximum Gasteiger partial charge on any atom is 0.257 e. The van der Waals surface area contributed by atoms with Crippen molar-refractivity contribution in [2.75, 3.05) is 19.7 Å². The lowest BCUT2D eigenvalue weighted by molar-refractivity contribution is 0.104. The molecule has 0 radical (unpaired) electrons. The van der Waals surface area contributed by atoms with Crippen molar-refractivity contribution in [3.8, 4) is 11.6 Å². The van der Waals surface area contributed by atoms with Crippen LogP contribution in [-0.2, 0) is 0 Å². The van der Waals surface area contributed by atoms with Gasteiger partial charge in [-0.1, -0.05) is 13.8 Å². The fraction of sp³-hybridized carbons (Fsp3) is 0.643. The van der Waals surface area contributed by atoms with Gasteiger partial charge in [-0.3, -0.25) is 0 Å². The predicted octanol–water partition coefficient (Wildman–Crippen LogP) is 2.25. The third kappa shape index (κ3) is 3.35. The minimum Gasteiger partial charge on any atom is -0.488 e. The number of nitrogens with zero attached hydrogens (tertiary/aromatic N) is 1. The van der Waals surface area contributed by atoms with Crippen LogP contribution in [0.15, 0.2) is 18.3 Å². The van der Waals surface area contributed by atoms with Gasteiger partial charge in [0.2, 0.25) is 0 Å². The van der Waals surface area contributed by atoms with Gasteiger partial charge in [-0.2, -0.15) is 0 Å². The molecule has 0 aliphatic carbocycles.